The molecular formula is C39H45N7O2. The van der Waals surface area contributed by atoms with Gasteiger partial charge in [0.1, 0.15) is 11.6 Å². The van der Waals surface area contributed by atoms with Gasteiger partial charge < -0.3 is 24.9 Å². The van der Waals surface area contributed by atoms with Crippen LogP contribution in [0.25, 0.3) is 44.4 Å². The third-order valence-corrected chi connectivity index (χ3v) is 10.9. The molecule has 2 aromatic heterocycles. The summed E-state index contributed by atoms with van der Waals surface area (Å²) in [6.45, 7) is 3.36. The smallest absolute Gasteiger partial charge is 0.240 e. The van der Waals surface area contributed by atoms with Gasteiger partial charge in [-0.25, -0.2) is 9.97 Å². The van der Waals surface area contributed by atoms with E-state index in [1.807, 2.05) is 24.3 Å². The molecule has 3 fully saturated rings. The molecule has 3 saturated heterocycles. The normalized spacial score (nSPS) is 21.3. The number of aromatic amines is 2. The number of fused-ring (bicyclic) bond motifs is 1. The van der Waals surface area contributed by atoms with Crippen LogP contribution in [0.5, 0.6) is 0 Å². The van der Waals surface area contributed by atoms with Crippen LogP contribution >= 0.6 is 0 Å². The molecule has 9 nitrogen and oxygen atoms in total. The topological polar surface area (TPSA) is 102 Å². The molecule has 5 heterocycles. The van der Waals surface area contributed by atoms with Gasteiger partial charge >= 0.3 is 0 Å². The molecule has 0 saturated carbocycles. The van der Waals surface area contributed by atoms with E-state index in [0.717, 1.165) is 92.6 Å². The van der Waals surface area contributed by atoms with Gasteiger partial charge in [0, 0.05) is 25.3 Å². The minimum Gasteiger partial charge on any atom is -0.381 e. The lowest BCUT2D eigenvalue weighted by Gasteiger charge is -2.33. The summed E-state index contributed by atoms with van der Waals surface area (Å²) in [6.07, 6.45) is 10.0. The van der Waals surface area contributed by atoms with E-state index in [2.05, 4.69) is 87.9 Å². The van der Waals surface area contributed by atoms with E-state index in [-0.39, 0.29) is 18.0 Å². The van der Waals surface area contributed by atoms with Crippen molar-refractivity contribution in [2.24, 2.45) is 5.92 Å². The molecule has 3 aliphatic heterocycles. The Bertz CT molecular complexity index is 1890. The fourth-order valence-corrected chi connectivity index (χ4v) is 8.10. The second kappa shape index (κ2) is 13.3. The summed E-state index contributed by atoms with van der Waals surface area (Å²) in [5.74, 6) is 2.42. The zero-order valence-electron chi connectivity index (χ0n) is 27.9. The molecule has 0 radical (unpaired) electrons. The van der Waals surface area contributed by atoms with Crippen molar-refractivity contribution in [3.8, 4) is 33.6 Å². The first-order valence-corrected chi connectivity index (χ1v) is 17.6. The maximum Gasteiger partial charge on any atom is 0.240 e. The lowest BCUT2D eigenvalue weighted by molar-refractivity contribution is -0.136. The Labute approximate surface area is 282 Å². The predicted molar refractivity (Wildman–Crippen MR) is 189 cm³/mol. The Morgan fingerprint density at radius 2 is 1.35 bits per heavy atom. The summed E-state index contributed by atoms with van der Waals surface area (Å²) >= 11 is 0. The van der Waals surface area contributed by atoms with E-state index in [4.69, 9.17) is 14.7 Å². The standard InChI is InChI=1S/C39H45N7O2/c1-40-36(27-15-19-48-20-16-27)39(47)46-18-4-6-35(46)38-42-23-32(43-38)26-9-7-25(8-10-26)28-11-12-30-22-31(14-13-29(30)21-28)33-24-41-37(44-33)34-5-3-17-45(34)2/h7-14,21-24,27,34-36,40H,3-6,15-20H2,1-2H3,(H,41,44)(H,42,43)/t34-,35-,36-/m0/s1. The summed E-state index contributed by atoms with van der Waals surface area (Å²) in [4.78, 5) is 34.8. The SMILES string of the molecule is CN[C@H](C(=O)N1CCC[C@H]1c1ncc(-c2ccc(-c3ccc4cc(-c5cnc([C@@H]6CCCN6C)[nH]5)ccc4c3)cc2)[nH]1)C1CCOCC1. The number of nitrogens with one attached hydrogen (secondary N) is 3. The predicted octanol–water partition coefficient (Wildman–Crippen LogP) is 6.73. The Kier molecular flexibility index (Phi) is 8.59. The van der Waals surface area contributed by atoms with Crippen LogP contribution in [0.1, 0.15) is 62.3 Å². The number of amides is 1. The molecule has 9 heteroatoms. The number of carbonyl (C=O) groups is 1. The highest BCUT2D eigenvalue weighted by atomic mass is 16.5. The Hall–Kier alpha value is -4.31. The molecule has 0 unspecified atom stereocenters. The molecule has 8 rings (SSSR count). The van der Waals surface area contributed by atoms with Gasteiger partial charge in [0.15, 0.2) is 0 Å². The first-order chi connectivity index (χ1) is 23.6. The second-order valence-corrected chi connectivity index (χ2v) is 13.8. The van der Waals surface area contributed by atoms with Crippen LogP contribution in [0.15, 0.2) is 73.1 Å². The Morgan fingerprint density at radius 1 is 0.771 bits per heavy atom. The summed E-state index contributed by atoms with van der Waals surface area (Å²) in [5, 5.41) is 5.74. The third kappa shape index (κ3) is 5.95. The van der Waals surface area contributed by atoms with Crippen molar-refractivity contribution in [2.45, 2.75) is 56.7 Å². The Balaban J connectivity index is 0.959. The molecule has 48 heavy (non-hydrogen) atoms. The second-order valence-electron chi connectivity index (χ2n) is 13.8. The van der Waals surface area contributed by atoms with Gasteiger partial charge in [-0.3, -0.25) is 9.69 Å². The van der Waals surface area contributed by atoms with Gasteiger partial charge in [-0.05, 0) is 105 Å². The molecule has 1 amide bonds. The van der Waals surface area contributed by atoms with E-state index < -0.39 is 0 Å². The van der Waals surface area contributed by atoms with Gasteiger partial charge in [0.2, 0.25) is 5.91 Å². The molecule has 3 aromatic carbocycles. The van der Waals surface area contributed by atoms with Crippen LogP contribution in [0.2, 0.25) is 0 Å². The van der Waals surface area contributed by atoms with E-state index in [1.165, 1.54) is 28.3 Å². The first-order valence-electron chi connectivity index (χ1n) is 17.6. The highest BCUT2D eigenvalue weighted by Gasteiger charge is 2.38. The number of ether oxygens (including phenoxy) is 1. The molecule has 5 aromatic rings. The number of rotatable bonds is 8. The number of aromatic nitrogens is 4. The zero-order chi connectivity index (χ0) is 32.6. The number of hydrogen-bond acceptors (Lipinski definition) is 6. The number of likely N-dealkylation sites (tertiary alicyclic amines) is 2. The maximum absolute atomic E-state index is 13.7. The average Bonchev–Trinajstić information content (AvgIpc) is 3.96. The number of nitrogens with zero attached hydrogens (tertiary/aromatic N) is 4. The van der Waals surface area contributed by atoms with Crippen LogP contribution in [-0.4, -0.2) is 82.1 Å². The number of imidazole rings is 2. The van der Waals surface area contributed by atoms with Gasteiger partial charge in [0.05, 0.1) is 41.9 Å². The molecule has 3 atom stereocenters. The summed E-state index contributed by atoms with van der Waals surface area (Å²) in [6, 6.07) is 22.1. The van der Waals surface area contributed by atoms with Gasteiger partial charge in [-0.15, -0.1) is 0 Å². The van der Waals surface area contributed by atoms with Gasteiger partial charge in [0.25, 0.3) is 0 Å². The average molecular weight is 644 g/mol. The van der Waals surface area contributed by atoms with E-state index in [9.17, 15) is 4.79 Å². The molecule has 0 spiro atoms. The highest BCUT2D eigenvalue weighted by molar-refractivity contribution is 5.90. The van der Waals surface area contributed by atoms with Crippen molar-refractivity contribution in [2.75, 3.05) is 40.4 Å². The van der Waals surface area contributed by atoms with Crippen molar-refractivity contribution in [1.29, 1.82) is 0 Å². The number of H-pyrrole nitrogens is 2. The van der Waals surface area contributed by atoms with Gasteiger partial charge in [-0.1, -0.05) is 48.5 Å². The lowest BCUT2D eigenvalue weighted by Crippen LogP contribution is -2.50. The van der Waals surface area contributed by atoms with Crippen molar-refractivity contribution in [3.63, 3.8) is 0 Å². The van der Waals surface area contributed by atoms with Crippen LogP contribution in [0.4, 0.5) is 0 Å². The summed E-state index contributed by atoms with van der Waals surface area (Å²) in [7, 11) is 4.08. The zero-order valence-corrected chi connectivity index (χ0v) is 27.9. The van der Waals surface area contributed by atoms with Crippen molar-refractivity contribution >= 4 is 16.7 Å². The number of benzene rings is 3. The fourth-order valence-electron chi connectivity index (χ4n) is 8.10. The van der Waals surface area contributed by atoms with Crippen LogP contribution < -0.4 is 5.32 Å². The molecule has 3 aliphatic rings. The van der Waals surface area contributed by atoms with Crippen molar-refractivity contribution in [1.82, 2.24) is 35.1 Å². The monoisotopic (exact) mass is 643 g/mol. The summed E-state index contributed by atoms with van der Waals surface area (Å²) < 4.78 is 5.55. The number of likely N-dealkylation sites (N-methyl/N-ethyl adjacent to an activating group) is 1. The highest BCUT2D eigenvalue weighted by Crippen LogP contribution is 2.35. The van der Waals surface area contributed by atoms with Crippen LogP contribution in [0.3, 0.4) is 0 Å². The van der Waals surface area contributed by atoms with E-state index in [0.29, 0.717) is 12.0 Å². The molecule has 0 bridgehead atoms. The van der Waals surface area contributed by atoms with Crippen molar-refractivity contribution < 1.29 is 9.53 Å². The minimum absolute atomic E-state index is 0.0244. The number of carbonyl (C=O) groups excluding carboxylic acids is 1. The molecule has 248 valence electrons. The molecular weight excluding hydrogens is 598 g/mol. The minimum atomic E-state index is -0.179. The van der Waals surface area contributed by atoms with E-state index >= 15 is 0 Å². The maximum atomic E-state index is 13.7. The van der Waals surface area contributed by atoms with Gasteiger partial charge in [-0.2, -0.15) is 0 Å². The lowest BCUT2D eigenvalue weighted by atomic mass is 9.90. The van der Waals surface area contributed by atoms with Crippen LogP contribution in [0, 0.1) is 5.92 Å². The van der Waals surface area contributed by atoms with E-state index in [1.54, 1.807) is 0 Å². The quantitative estimate of drug-likeness (QED) is 0.173. The molecule has 0 aliphatic carbocycles. The first kappa shape index (κ1) is 31.0. The van der Waals surface area contributed by atoms with Crippen molar-refractivity contribution in [3.05, 3.63) is 84.7 Å². The van der Waals surface area contributed by atoms with Crippen LogP contribution in [-0.2, 0) is 9.53 Å². The largest absolute Gasteiger partial charge is 0.381 e. The summed E-state index contributed by atoms with van der Waals surface area (Å²) in [5.41, 5.74) is 6.63. The number of hydrogen-bond donors (Lipinski definition) is 3. The Morgan fingerprint density at radius 3 is 2.04 bits per heavy atom. The third-order valence-electron chi connectivity index (χ3n) is 10.9. The fraction of sp³-hybridized carbons (Fsp3) is 0.410. The molecule has 3 N–H and O–H groups in total.